The number of carbonyl (C=O) groups excluding carboxylic acids is 2. The van der Waals surface area contributed by atoms with Gasteiger partial charge in [0.25, 0.3) is 0 Å². The second kappa shape index (κ2) is 8.84. The van der Waals surface area contributed by atoms with Crippen molar-refractivity contribution < 1.29 is 9.59 Å². The molecular formula is C21H27N3O2. The molecule has 1 aliphatic carbocycles. The molecule has 0 unspecified atom stereocenters. The Morgan fingerprint density at radius 1 is 1.00 bits per heavy atom. The Kier molecular flexibility index (Phi) is 6.27. The standard InChI is InChI=1S/C21H27N3O2/c22-15-16-6-5-7-19(14-16)23-20(25)17-8-10-18(11-9-17)21(26)24-12-3-1-2-4-13-24/h5-7,14,17-18H,1-4,8-13H2,(H,23,25). The van der Waals surface area contributed by atoms with Crippen LogP contribution in [0.25, 0.3) is 0 Å². The number of likely N-dealkylation sites (tertiary alicyclic amines) is 1. The van der Waals surface area contributed by atoms with Gasteiger partial charge in [0.15, 0.2) is 0 Å². The van der Waals surface area contributed by atoms with E-state index < -0.39 is 0 Å². The van der Waals surface area contributed by atoms with Gasteiger partial charge in [-0.25, -0.2) is 0 Å². The first-order valence-corrected chi connectivity index (χ1v) is 9.77. The zero-order valence-electron chi connectivity index (χ0n) is 15.2. The van der Waals surface area contributed by atoms with Crippen molar-refractivity contribution in [2.75, 3.05) is 18.4 Å². The molecule has 1 saturated heterocycles. The van der Waals surface area contributed by atoms with Crippen LogP contribution in [0.1, 0.15) is 56.9 Å². The van der Waals surface area contributed by atoms with Gasteiger partial charge < -0.3 is 10.2 Å². The first kappa shape index (κ1) is 18.4. The van der Waals surface area contributed by atoms with Gasteiger partial charge >= 0.3 is 0 Å². The highest BCUT2D eigenvalue weighted by Gasteiger charge is 2.32. The maximum atomic E-state index is 12.7. The summed E-state index contributed by atoms with van der Waals surface area (Å²) in [5, 5.41) is 11.9. The minimum Gasteiger partial charge on any atom is -0.342 e. The molecule has 1 N–H and O–H groups in total. The molecule has 1 aromatic carbocycles. The van der Waals surface area contributed by atoms with Crippen molar-refractivity contribution in [3.05, 3.63) is 29.8 Å². The molecule has 0 aromatic heterocycles. The summed E-state index contributed by atoms with van der Waals surface area (Å²) in [5.41, 5.74) is 1.20. The van der Waals surface area contributed by atoms with Crippen LogP contribution < -0.4 is 5.32 Å². The van der Waals surface area contributed by atoms with E-state index in [0.29, 0.717) is 17.2 Å². The number of anilines is 1. The van der Waals surface area contributed by atoms with E-state index in [1.165, 1.54) is 12.8 Å². The summed E-state index contributed by atoms with van der Waals surface area (Å²) >= 11 is 0. The Balaban J connectivity index is 1.50. The molecule has 1 heterocycles. The summed E-state index contributed by atoms with van der Waals surface area (Å²) in [6.45, 7) is 1.79. The average molecular weight is 353 g/mol. The largest absolute Gasteiger partial charge is 0.342 e. The van der Waals surface area contributed by atoms with E-state index in [0.717, 1.165) is 51.6 Å². The summed E-state index contributed by atoms with van der Waals surface area (Å²) in [7, 11) is 0. The number of carbonyl (C=O) groups is 2. The van der Waals surface area contributed by atoms with Gasteiger partial charge in [0.1, 0.15) is 0 Å². The molecule has 26 heavy (non-hydrogen) atoms. The normalized spacial score (nSPS) is 23.6. The SMILES string of the molecule is N#Cc1cccc(NC(=O)C2CCC(C(=O)N3CCCCCC3)CC2)c1. The van der Waals surface area contributed by atoms with Crippen molar-refractivity contribution >= 4 is 17.5 Å². The monoisotopic (exact) mass is 353 g/mol. The predicted octanol–water partition coefficient (Wildman–Crippen LogP) is 3.71. The molecule has 1 aromatic rings. The van der Waals surface area contributed by atoms with E-state index >= 15 is 0 Å². The third kappa shape index (κ3) is 4.63. The quantitative estimate of drug-likeness (QED) is 0.900. The van der Waals surface area contributed by atoms with E-state index in [2.05, 4.69) is 11.4 Å². The lowest BCUT2D eigenvalue weighted by Gasteiger charge is -2.31. The Bertz CT molecular complexity index is 679. The maximum Gasteiger partial charge on any atom is 0.227 e. The molecule has 0 spiro atoms. The van der Waals surface area contributed by atoms with Gasteiger partial charge in [-0.1, -0.05) is 18.9 Å². The van der Waals surface area contributed by atoms with Crippen LogP contribution in [0.3, 0.4) is 0 Å². The predicted molar refractivity (Wildman–Crippen MR) is 100 cm³/mol. The van der Waals surface area contributed by atoms with E-state index in [1.54, 1.807) is 24.3 Å². The minimum atomic E-state index is -0.0473. The van der Waals surface area contributed by atoms with Crippen molar-refractivity contribution in [3.8, 4) is 6.07 Å². The van der Waals surface area contributed by atoms with Crippen LogP contribution in [0.5, 0.6) is 0 Å². The lowest BCUT2D eigenvalue weighted by atomic mass is 9.81. The number of nitrogens with zero attached hydrogens (tertiary/aromatic N) is 2. The van der Waals surface area contributed by atoms with Crippen LogP contribution in [0, 0.1) is 23.2 Å². The molecule has 138 valence electrons. The second-order valence-electron chi connectivity index (χ2n) is 7.47. The maximum absolute atomic E-state index is 12.7. The van der Waals surface area contributed by atoms with Crippen LogP contribution in [0.15, 0.2) is 24.3 Å². The van der Waals surface area contributed by atoms with Gasteiger partial charge in [0.05, 0.1) is 11.6 Å². The third-order valence-electron chi connectivity index (χ3n) is 5.62. The number of amides is 2. The highest BCUT2D eigenvalue weighted by atomic mass is 16.2. The molecule has 2 amide bonds. The zero-order valence-corrected chi connectivity index (χ0v) is 15.2. The van der Waals surface area contributed by atoms with Gasteiger partial charge in [-0.05, 0) is 56.7 Å². The lowest BCUT2D eigenvalue weighted by molar-refractivity contribution is -0.137. The minimum absolute atomic E-state index is 0.000705. The topological polar surface area (TPSA) is 73.2 Å². The number of rotatable bonds is 3. The zero-order chi connectivity index (χ0) is 18.4. The highest BCUT2D eigenvalue weighted by molar-refractivity contribution is 5.93. The molecule has 3 rings (SSSR count). The smallest absolute Gasteiger partial charge is 0.227 e. The van der Waals surface area contributed by atoms with Gasteiger partial charge in [0, 0.05) is 30.6 Å². The molecule has 1 aliphatic heterocycles. The Morgan fingerprint density at radius 3 is 2.31 bits per heavy atom. The van der Waals surface area contributed by atoms with E-state index in [4.69, 9.17) is 5.26 Å². The van der Waals surface area contributed by atoms with Gasteiger partial charge in [0.2, 0.25) is 11.8 Å². The number of hydrogen-bond donors (Lipinski definition) is 1. The Hall–Kier alpha value is -2.35. The van der Waals surface area contributed by atoms with Crippen LogP contribution in [0.2, 0.25) is 0 Å². The molecule has 0 radical (unpaired) electrons. The van der Waals surface area contributed by atoms with Gasteiger partial charge in [-0.2, -0.15) is 5.26 Å². The van der Waals surface area contributed by atoms with Crippen molar-refractivity contribution in [2.24, 2.45) is 11.8 Å². The van der Waals surface area contributed by atoms with Crippen molar-refractivity contribution in [1.29, 1.82) is 5.26 Å². The van der Waals surface area contributed by atoms with Crippen LogP contribution in [-0.2, 0) is 9.59 Å². The van der Waals surface area contributed by atoms with Gasteiger partial charge in [-0.3, -0.25) is 9.59 Å². The van der Waals surface area contributed by atoms with Crippen molar-refractivity contribution in [3.63, 3.8) is 0 Å². The molecule has 2 fully saturated rings. The van der Waals surface area contributed by atoms with Crippen LogP contribution >= 0.6 is 0 Å². The van der Waals surface area contributed by atoms with E-state index in [-0.39, 0.29) is 17.7 Å². The van der Waals surface area contributed by atoms with Crippen molar-refractivity contribution in [2.45, 2.75) is 51.4 Å². The highest BCUT2D eigenvalue weighted by Crippen LogP contribution is 2.31. The van der Waals surface area contributed by atoms with Gasteiger partial charge in [-0.15, -0.1) is 0 Å². The summed E-state index contributed by atoms with van der Waals surface area (Å²) in [6, 6.07) is 9.05. The Labute approximate surface area is 155 Å². The molecule has 0 atom stereocenters. The van der Waals surface area contributed by atoms with Crippen molar-refractivity contribution in [1.82, 2.24) is 4.90 Å². The molecule has 5 heteroatoms. The number of benzene rings is 1. The van der Waals surface area contributed by atoms with Crippen LogP contribution in [0.4, 0.5) is 5.69 Å². The summed E-state index contributed by atoms with van der Waals surface area (Å²) < 4.78 is 0. The van der Waals surface area contributed by atoms with Crippen LogP contribution in [-0.4, -0.2) is 29.8 Å². The third-order valence-corrected chi connectivity index (χ3v) is 5.62. The van der Waals surface area contributed by atoms with E-state index in [1.807, 2.05) is 4.90 Å². The second-order valence-corrected chi connectivity index (χ2v) is 7.47. The lowest BCUT2D eigenvalue weighted by Crippen LogP contribution is -2.39. The molecule has 0 bridgehead atoms. The Morgan fingerprint density at radius 2 is 1.65 bits per heavy atom. The first-order chi connectivity index (χ1) is 12.7. The summed E-state index contributed by atoms with van der Waals surface area (Å²) in [4.78, 5) is 27.3. The fourth-order valence-corrected chi connectivity index (χ4v) is 4.06. The number of hydrogen-bond acceptors (Lipinski definition) is 3. The molecular weight excluding hydrogens is 326 g/mol. The molecule has 1 saturated carbocycles. The number of nitriles is 1. The summed E-state index contributed by atoms with van der Waals surface area (Å²) in [5.74, 6) is 0.334. The fourth-order valence-electron chi connectivity index (χ4n) is 4.06. The molecule has 2 aliphatic rings. The fraction of sp³-hybridized carbons (Fsp3) is 0.571. The first-order valence-electron chi connectivity index (χ1n) is 9.77. The molecule has 5 nitrogen and oxygen atoms in total. The summed E-state index contributed by atoms with van der Waals surface area (Å²) in [6.07, 6.45) is 7.79. The number of nitrogens with one attached hydrogen (secondary N) is 1. The average Bonchev–Trinajstić information content (AvgIpc) is 2.97. The van der Waals surface area contributed by atoms with E-state index in [9.17, 15) is 9.59 Å².